The summed E-state index contributed by atoms with van der Waals surface area (Å²) in [6, 6.07) is 18.7. The number of ether oxygens (including phenoxy) is 1. The fraction of sp³-hybridized carbons (Fsp3) is 0.208. The Hall–Kier alpha value is -3.10. The number of hydrogen-bond acceptors (Lipinski definition) is 6. The molecule has 0 bridgehead atoms. The smallest absolute Gasteiger partial charge is 0.192 e. The van der Waals surface area contributed by atoms with Crippen molar-refractivity contribution >= 4 is 34.0 Å². The number of hydrogen-bond donors (Lipinski definition) is 1. The van der Waals surface area contributed by atoms with Crippen LogP contribution in [0.1, 0.15) is 29.6 Å². The number of benzene rings is 2. The molecule has 0 atom stereocenters. The fourth-order valence-corrected chi connectivity index (χ4v) is 5.47. The minimum atomic E-state index is 0.487. The number of fused-ring (bicyclic) bond motifs is 1. The first-order valence-electron chi connectivity index (χ1n) is 10.6. The number of thiazole rings is 1. The van der Waals surface area contributed by atoms with Crippen molar-refractivity contribution in [1.29, 1.82) is 0 Å². The molecule has 160 valence electrons. The Labute approximate surface area is 193 Å². The minimum absolute atomic E-state index is 0.487. The van der Waals surface area contributed by atoms with Gasteiger partial charge in [-0.1, -0.05) is 48.2 Å². The van der Waals surface area contributed by atoms with Gasteiger partial charge in [0.05, 0.1) is 5.69 Å². The van der Waals surface area contributed by atoms with Crippen LogP contribution in [-0.4, -0.2) is 24.7 Å². The maximum atomic E-state index is 5.82. The molecule has 0 saturated heterocycles. The second kappa shape index (κ2) is 8.44. The molecular weight excluding hydrogens is 438 g/mol. The van der Waals surface area contributed by atoms with Gasteiger partial charge < -0.3 is 9.72 Å². The van der Waals surface area contributed by atoms with E-state index >= 15 is 0 Å². The van der Waals surface area contributed by atoms with Crippen molar-refractivity contribution in [2.24, 2.45) is 0 Å². The zero-order valence-electron chi connectivity index (χ0n) is 17.3. The molecule has 3 aromatic heterocycles. The number of nitrogens with zero attached hydrogens (tertiary/aromatic N) is 4. The molecule has 0 radical (unpaired) electrons. The monoisotopic (exact) mass is 459 g/mol. The highest BCUT2D eigenvalue weighted by molar-refractivity contribution is 7.98. The van der Waals surface area contributed by atoms with Crippen molar-refractivity contribution < 1.29 is 4.74 Å². The third-order valence-electron chi connectivity index (χ3n) is 5.46. The predicted molar refractivity (Wildman–Crippen MR) is 128 cm³/mol. The number of thioether (sulfide) groups is 1. The highest BCUT2D eigenvalue weighted by Gasteiger charge is 2.31. The summed E-state index contributed by atoms with van der Waals surface area (Å²) in [5.41, 5.74) is 3.28. The molecule has 6 nitrogen and oxygen atoms in total. The van der Waals surface area contributed by atoms with Crippen LogP contribution in [0.4, 0.5) is 0 Å². The van der Waals surface area contributed by atoms with Crippen LogP contribution < -0.4 is 4.74 Å². The van der Waals surface area contributed by atoms with Gasteiger partial charge in [0.1, 0.15) is 17.4 Å². The summed E-state index contributed by atoms with van der Waals surface area (Å²) >= 11 is 3.34. The van der Waals surface area contributed by atoms with Crippen LogP contribution in [0.15, 0.2) is 71.3 Å². The highest BCUT2D eigenvalue weighted by Crippen LogP contribution is 2.42. The number of aromatic amines is 1. The van der Waals surface area contributed by atoms with E-state index in [-0.39, 0.29) is 0 Å². The summed E-state index contributed by atoms with van der Waals surface area (Å²) in [6.07, 6.45) is 4.40. The zero-order valence-corrected chi connectivity index (χ0v) is 18.9. The number of para-hydroxylation sites is 2. The topological polar surface area (TPSA) is 68.6 Å². The van der Waals surface area contributed by atoms with Gasteiger partial charge in [-0.15, -0.1) is 21.5 Å². The Balaban J connectivity index is 1.18. The Morgan fingerprint density at radius 2 is 1.91 bits per heavy atom. The number of H-pyrrole nitrogens is 1. The van der Waals surface area contributed by atoms with E-state index in [9.17, 15) is 0 Å². The molecule has 1 aliphatic carbocycles. The van der Waals surface area contributed by atoms with Crippen LogP contribution in [0, 0.1) is 0 Å². The summed E-state index contributed by atoms with van der Waals surface area (Å²) in [5.74, 6) is 2.57. The molecule has 6 rings (SSSR count). The maximum Gasteiger partial charge on any atom is 0.192 e. The molecule has 5 aromatic rings. The molecule has 1 aliphatic rings. The average Bonchev–Trinajstić information content (AvgIpc) is 3.23. The van der Waals surface area contributed by atoms with Crippen LogP contribution in [0.5, 0.6) is 5.75 Å². The molecule has 1 saturated carbocycles. The van der Waals surface area contributed by atoms with Crippen molar-refractivity contribution in [2.45, 2.75) is 36.4 Å². The second-order valence-corrected chi connectivity index (χ2v) is 9.66. The average molecular weight is 460 g/mol. The van der Waals surface area contributed by atoms with Crippen LogP contribution in [-0.2, 0) is 12.4 Å². The SMILES string of the molecule is c1ccc(OCc2nc(CSc3nnc(-c4c[nH]c5ccccc45)n3C3CC3)cs2)cc1. The number of aromatic nitrogens is 5. The molecule has 32 heavy (non-hydrogen) atoms. The maximum absolute atomic E-state index is 5.82. The van der Waals surface area contributed by atoms with Gasteiger partial charge in [0, 0.05) is 39.8 Å². The quantitative estimate of drug-likeness (QED) is 0.284. The molecular formula is C24H21N5OS2. The molecule has 0 amide bonds. The molecule has 8 heteroatoms. The molecule has 0 spiro atoms. The van der Waals surface area contributed by atoms with Gasteiger partial charge in [0.2, 0.25) is 0 Å². The van der Waals surface area contributed by atoms with E-state index < -0.39 is 0 Å². The van der Waals surface area contributed by atoms with E-state index in [0.717, 1.165) is 44.3 Å². The lowest BCUT2D eigenvalue weighted by molar-refractivity contribution is 0.305. The molecule has 0 aliphatic heterocycles. The van der Waals surface area contributed by atoms with Crippen LogP contribution in [0.2, 0.25) is 0 Å². The Morgan fingerprint density at radius 3 is 2.78 bits per heavy atom. The van der Waals surface area contributed by atoms with Gasteiger partial charge in [-0.2, -0.15) is 0 Å². The minimum Gasteiger partial charge on any atom is -0.486 e. The van der Waals surface area contributed by atoms with Gasteiger partial charge in [0.25, 0.3) is 0 Å². The lowest BCUT2D eigenvalue weighted by Crippen LogP contribution is -2.00. The Bertz CT molecular complexity index is 1350. The highest BCUT2D eigenvalue weighted by atomic mass is 32.2. The van der Waals surface area contributed by atoms with Gasteiger partial charge in [0.15, 0.2) is 11.0 Å². The third kappa shape index (κ3) is 3.91. The van der Waals surface area contributed by atoms with E-state index in [1.807, 2.05) is 42.6 Å². The molecule has 1 fully saturated rings. The van der Waals surface area contributed by atoms with Crippen molar-refractivity contribution in [3.8, 4) is 17.1 Å². The second-order valence-electron chi connectivity index (χ2n) is 7.78. The molecule has 2 aromatic carbocycles. The van der Waals surface area contributed by atoms with Crippen molar-refractivity contribution in [1.82, 2.24) is 24.7 Å². The van der Waals surface area contributed by atoms with E-state index in [0.29, 0.717) is 12.6 Å². The first-order valence-corrected chi connectivity index (χ1v) is 12.5. The normalized spacial score (nSPS) is 13.6. The summed E-state index contributed by atoms with van der Waals surface area (Å²) in [5, 5.41) is 14.4. The number of rotatable bonds is 8. The summed E-state index contributed by atoms with van der Waals surface area (Å²) < 4.78 is 8.13. The fourth-order valence-electron chi connectivity index (χ4n) is 3.76. The molecule has 1 N–H and O–H groups in total. The standard InChI is InChI=1S/C24H21N5OS2/c1-2-6-18(7-3-1)30-13-22-26-16(14-31-22)15-32-24-28-27-23(29(24)17-10-11-17)20-12-25-21-9-5-4-8-19(20)21/h1-9,12,14,17,25H,10-11,13,15H2. The van der Waals surface area contributed by atoms with Gasteiger partial charge in [-0.05, 0) is 31.0 Å². The van der Waals surface area contributed by atoms with E-state index in [1.165, 1.54) is 18.2 Å². The first-order chi connectivity index (χ1) is 15.8. The van der Waals surface area contributed by atoms with Crippen LogP contribution in [0.3, 0.4) is 0 Å². The van der Waals surface area contributed by atoms with Crippen LogP contribution in [0.25, 0.3) is 22.3 Å². The Morgan fingerprint density at radius 1 is 1.06 bits per heavy atom. The molecule has 0 unspecified atom stereocenters. The lowest BCUT2D eigenvalue weighted by atomic mass is 10.1. The van der Waals surface area contributed by atoms with Crippen molar-refractivity contribution in [3.63, 3.8) is 0 Å². The van der Waals surface area contributed by atoms with Gasteiger partial charge in [-0.3, -0.25) is 4.57 Å². The first kappa shape index (κ1) is 19.6. The zero-order chi connectivity index (χ0) is 21.3. The molecule has 3 heterocycles. The lowest BCUT2D eigenvalue weighted by Gasteiger charge is -2.08. The summed E-state index contributed by atoms with van der Waals surface area (Å²) in [6.45, 7) is 0.488. The Kier molecular flexibility index (Phi) is 5.16. The van der Waals surface area contributed by atoms with Gasteiger partial charge >= 0.3 is 0 Å². The van der Waals surface area contributed by atoms with Crippen molar-refractivity contribution in [3.05, 3.63) is 76.9 Å². The van der Waals surface area contributed by atoms with Gasteiger partial charge in [-0.25, -0.2) is 4.98 Å². The van der Waals surface area contributed by atoms with E-state index in [4.69, 9.17) is 9.72 Å². The summed E-state index contributed by atoms with van der Waals surface area (Å²) in [4.78, 5) is 8.10. The largest absolute Gasteiger partial charge is 0.486 e. The van der Waals surface area contributed by atoms with E-state index in [1.54, 1.807) is 23.1 Å². The number of nitrogens with one attached hydrogen (secondary N) is 1. The van der Waals surface area contributed by atoms with Crippen molar-refractivity contribution in [2.75, 3.05) is 0 Å². The summed E-state index contributed by atoms with van der Waals surface area (Å²) in [7, 11) is 0. The van der Waals surface area contributed by atoms with Crippen LogP contribution >= 0.6 is 23.1 Å². The predicted octanol–water partition coefficient (Wildman–Crippen LogP) is 6.09. The third-order valence-corrected chi connectivity index (χ3v) is 7.31. The van der Waals surface area contributed by atoms with E-state index in [2.05, 4.69) is 43.3 Å².